The second-order valence-electron chi connectivity index (χ2n) is 4.11. The molecule has 1 saturated heterocycles. The fourth-order valence-electron chi connectivity index (χ4n) is 2.10. The van der Waals surface area contributed by atoms with Crippen LogP contribution in [0.3, 0.4) is 0 Å². The van der Waals surface area contributed by atoms with Gasteiger partial charge in [0.05, 0.1) is 24.7 Å². The molecule has 0 bridgehead atoms. The Kier molecular flexibility index (Phi) is 3.29. The second-order valence-corrected chi connectivity index (χ2v) is 4.11. The van der Waals surface area contributed by atoms with Gasteiger partial charge in [0.2, 0.25) is 0 Å². The molecule has 0 aromatic heterocycles. The minimum Gasteiger partial charge on any atom is -0.469 e. The van der Waals surface area contributed by atoms with Crippen molar-refractivity contribution in [1.82, 2.24) is 0 Å². The Bertz CT molecular complexity index is 447. The first-order valence-corrected chi connectivity index (χ1v) is 5.57. The van der Waals surface area contributed by atoms with Gasteiger partial charge in [-0.3, -0.25) is 4.79 Å². The van der Waals surface area contributed by atoms with E-state index in [2.05, 4.69) is 11.0 Å². The van der Waals surface area contributed by atoms with Gasteiger partial charge in [0.25, 0.3) is 0 Å². The standard InChI is InChI=1S/C13H14N2O2/c1-17-13(16)11-6-7-15(9-11)12-4-2-10(8-14)3-5-12/h2-5,11H,6-7,9H2,1H3. The molecule has 4 nitrogen and oxygen atoms in total. The second kappa shape index (κ2) is 4.88. The molecule has 0 amide bonds. The molecule has 4 heteroatoms. The minimum atomic E-state index is -0.138. The molecular weight excluding hydrogens is 216 g/mol. The number of nitrogens with zero attached hydrogens (tertiary/aromatic N) is 2. The first-order chi connectivity index (χ1) is 8.24. The predicted octanol–water partition coefficient (Wildman–Crippen LogP) is 1.56. The summed E-state index contributed by atoms with van der Waals surface area (Å²) in [7, 11) is 1.42. The van der Waals surface area contributed by atoms with Gasteiger partial charge < -0.3 is 9.64 Å². The molecule has 0 aliphatic carbocycles. The van der Waals surface area contributed by atoms with E-state index in [0.29, 0.717) is 12.1 Å². The molecule has 1 aromatic rings. The molecule has 1 aliphatic heterocycles. The van der Waals surface area contributed by atoms with Crippen molar-refractivity contribution in [3.05, 3.63) is 29.8 Å². The first-order valence-electron chi connectivity index (χ1n) is 5.57. The summed E-state index contributed by atoms with van der Waals surface area (Å²) >= 11 is 0. The zero-order chi connectivity index (χ0) is 12.3. The fraction of sp³-hybridized carbons (Fsp3) is 0.385. The highest BCUT2D eigenvalue weighted by Gasteiger charge is 2.28. The lowest BCUT2D eigenvalue weighted by Crippen LogP contribution is -2.23. The van der Waals surface area contributed by atoms with E-state index < -0.39 is 0 Å². The van der Waals surface area contributed by atoms with Crippen LogP contribution in [-0.2, 0) is 9.53 Å². The van der Waals surface area contributed by atoms with Crippen LogP contribution < -0.4 is 4.90 Å². The minimum absolute atomic E-state index is 0.0318. The molecule has 17 heavy (non-hydrogen) atoms. The molecule has 0 saturated carbocycles. The summed E-state index contributed by atoms with van der Waals surface area (Å²) in [6.45, 7) is 1.55. The van der Waals surface area contributed by atoms with Crippen LogP contribution in [0, 0.1) is 17.2 Å². The van der Waals surface area contributed by atoms with E-state index in [1.165, 1.54) is 7.11 Å². The summed E-state index contributed by atoms with van der Waals surface area (Å²) in [4.78, 5) is 13.5. The Labute approximate surface area is 100 Å². The maximum absolute atomic E-state index is 11.4. The normalized spacial score (nSPS) is 18.8. The first kappa shape index (κ1) is 11.5. The number of methoxy groups -OCH3 is 1. The van der Waals surface area contributed by atoms with Gasteiger partial charge in [-0.1, -0.05) is 0 Å². The van der Waals surface area contributed by atoms with Gasteiger partial charge in [-0.25, -0.2) is 0 Å². The third-order valence-corrected chi connectivity index (χ3v) is 3.08. The van der Waals surface area contributed by atoms with E-state index in [1.807, 2.05) is 12.1 Å². The highest BCUT2D eigenvalue weighted by Crippen LogP contribution is 2.24. The molecule has 1 aliphatic rings. The molecule has 1 heterocycles. The summed E-state index contributed by atoms with van der Waals surface area (Å²) in [5, 5.41) is 8.72. The van der Waals surface area contributed by atoms with Crippen molar-refractivity contribution in [1.29, 1.82) is 5.26 Å². The summed E-state index contributed by atoms with van der Waals surface area (Å²) in [6, 6.07) is 9.50. The summed E-state index contributed by atoms with van der Waals surface area (Å²) in [5.41, 5.74) is 1.70. The Morgan fingerprint density at radius 1 is 1.47 bits per heavy atom. The number of hydrogen-bond acceptors (Lipinski definition) is 4. The monoisotopic (exact) mass is 230 g/mol. The highest BCUT2D eigenvalue weighted by molar-refractivity contribution is 5.74. The average Bonchev–Trinajstić information content (AvgIpc) is 2.87. The predicted molar refractivity (Wildman–Crippen MR) is 63.5 cm³/mol. The average molecular weight is 230 g/mol. The Morgan fingerprint density at radius 3 is 2.76 bits per heavy atom. The van der Waals surface area contributed by atoms with E-state index in [0.717, 1.165) is 18.7 Å². The van der Waals surface area contributed by atoms with Crippen LogP contribution in [0.1, 0.15) is 12.0 Å². The van der Waals surface area contributed by atoms with Crippen LogP contribution in [0.25, 0.3) is 0 Å². The fourth-order valence-corrected chi connectivity index (χ4v) is 2.10. The van der Waals surface area contributed by atoms with Crippen molar-refractivity contribution < 1.29 is 9.53 Å². The number of benzene rings is 1. The van der Waals surface area contributed by atoms with Crippen molar-refractivity contribution in [3.63, 3.8) is 0 Å². The van der Waals surface area contributed by atoms with E-state index in [4.69, 9.17) is 10.00 Å². The van der Waals surface area contributed by atoms with E-state index in [9.17, 15) is 4.79 Å². The molecule has 1 atom stereocenters. The third-order valence-electron chi connectivity index (χ3n) is 3.08. The summed E-state index contributed by atoms with van der Waals surface area (Å²) in [6.07, 6.45) is 0.826. The van der Waals surface area contributed by atoms with Gasteiger partial charge in [-0.15, -0.1) is 0 Å². The van der Waals surface area contributed by atoms with Gasteiger partial charge >= 0.3 is 5.97 Å². The molecule has 1 fully saturated rings. The van der Waals surface area contributed by atoms with Gasteiger partial charge in [-0.2, -0.15) is 5.26 Å². The summed E-state index contributed by atoms with van der Waals surface area (Å²) < 4.78 is 4.75. The number of nitriles is 1. The Hall–Kier alpha value is -2.02. The van der Waals surface area contributed by atoms with Crippen LogP contribution in [0.4, 0.5) is 5.69 Å². The van der Waals surface area contributed by atoms with Crippen LogP contribution in [0.5, 0.6) is 0 Å². The number of carbonyl (C=O) groups is 1. The molecule has 0 radical (unpaired) electrons. The number of anilines is 1. The maximum Gasteiger partial charge on any atom is 0.310 e. The van der Waals surface area contributed by atoms with Gasteiger partial charge in [0.1, 0.15) is 0 Å². The lowest BCUT2D eigenvalue weighted by molar-refractivity contribution is -0.144. The smallest absolute Gasteiger partial charge is 0.310 e. The quantitative estimate of drug-likeness (QED) is 0.723. The lowest BCUT2D eigenvalue weighted by atomic mass is 10.1. The van der Waals surface area contributed by atoms with Crippen molar-refractivity contribution in [2.75, 3.05) is 25.1 Å². The lowest BCUT2D eigenvalue weighted by Gasteiger charge is -2.18. The third kappa shape index (κ3) is 2.39. The van der Waals surface area contributed by atoms with Crippen molar-refractivity contribution in [3.8, 4) is 6.07 Å². The van der Waals surface area contributed by atoms with Crippen molar-refractivity contribution in [2.45, 2.75) is 6.42 Å². The van der Waals surface area contributed by atoms with Crippen LogP contribution in [0.2, 0.25) is 0 Å². The number of hydrogen-bond donors (Lipinski definition) is 0. The molecular formula is C13H14N2O2. The van der Waals surface area contributed by atoms with Gasteiger partial charge in [0, 0.05) is 18.8 Å². The molecule has 88 valence electrons. The molecule has 0 N–H and O–H groups in total. The number of esters is 1. The maximum atomic E-state index is 11.4. The summed E-state index contributed by atoms with van der Waals surface area (Å²) in [5.74, 6) is -0.170. The van der Waals surface area contributed by atoms with Crippen LogP contribution in [0.15, 0.2) is 24.3 Å². The van der Waals surface area contributed by atoms with Gasteiger partial charge in [-0.05, 0) is 30.7 Å². The number of carbonyl (C=O) groups excluding carboxylic acids is 1. The zero-order valence-electron chi connectivity index (χ0n) is 9.72. The van der Waals surface area contributed by atoms with Gasteiger partial charge in [0.15, 0.2) is 0 Å². The van der Waals surface area contributed by atoms with E-state index in [1.54, 1.807) is 12.1 Å². The number of rotatable bonds is 2. The largest absolute Gasteiger partial charge is 0.469 e. The topological polar surface area (TPSA) is 53.3 Å². The molecule has 1 unspecified atom stereocenters. The SMILES string of the molecule is COC(=O)C1CCN(c2ccc(C#N)cc2)C1. The van der Waals surface area contributed by atoms with Crippen LogP contribution in [-0.4, -0.2) is 26.2 Å². The van der Waals surface area contributed by atoms with Crippen molar-refractivity contribution in [2.24, 2.45) is 5.92 Å². The zero-order valence-corrected chi connectivity index (χ0v) is 9.72. The van der Waals surface area contributed by atoms with Crippen LogP contribution >= 0.6 is 0 Å². The molecule has 1 aromatic carbocycles. The van der Waals surface area contributed by atoms with E-state index in [-0.39, 0.29) is 11.9 Å². The van der Waals surface area contributed by atoms with Crippen molar-refractivity contribution >= 4 is 11.7 Å². The highest BCUT2D eigenvalue weighted by atomic mass is 16.5. The Balaban J connectivity index is 2.05. The molecule has 0 spiro atoms. The Morgan fingerprint density at radius 2 is 2.18 bits per heavy atom. The van der Waals surface area contributed by atoms with E-state index >= 15 is 0 Å². The number of ether oxygens (including phenoxy) is 1. The molecule has 2 rings (SSSR count).